The molecule has 5 nitrogen and oxygen atoms in total. The zero-order chi connectivity index (χ0) is 18.5. The highest BCUT2D eigenvalue weighted by atomic mass is 35.5. The molecule has 7 heteroatoms. The summed E-state index contributed by atoms with van der Waals surface area (Å²) in [5, 5.41) is 8.72. The number of aromatic nitrogens is 2. The van der Waals surface area contributed by atoms with Crippen LogP contribution in [0.4, 0.5) is 4.39 Å². The molecule has 0 atom stereocenters. The van der Waals surface area contributed by atoms with E-state index in [0.29, 0.717) is 28.5 Å². The monoisotopic (exact) mass is 370 g/mol. The molecule has 132 valence electrons. The van der Waals surface area contributed by atoms with Crippen molar-refractivity contribution in [2.75, 3.05) is 0 Å². The molecule has 3 aromatic rings. The fraction of sp³-hybridized carbons (Fsp3) is 0.105. The molecule has 1 aromatic heterocycles. The van der Waals surface area contributed by atoms with Crippen molar-refractivity contribution in [2.24, 2.45) is 5.10 Å². The molecule has 26 heavy (non-hydrogen) atoms. The second kappa shape index (κ2) is 7.93. The van der Waals surface area contributed by atoms with Crippen LogP contribution in [-0.2, 0) is 6.54 Å². The summed E-state index contributed by atoms with van der Waals surface area (Å²) in [5.74, 6) is -0.604. The predicted octanol–water partition coefficient (Wildman–Crippen LogP) is 3.80. The van der Waals surface area contributed by atoms with Crippen LogP contribution in [0.5, 0.6) is 0 Å². The minimum Gasteiger partial charge on any atom is -0.267 e. The summed E-state index contributed by atoms with van der Waals surface area (Å²) in [5.41, 5.74) is 5.13. The number of rotatable bonds is 5. The van der Waals surface area contributed by atoms with E-state index >= 15 is 0 Å². The van der Waals surface area contributed by atoms with E-state index in [4.69, 9.17) is 11.6 Å². The Morgan fingerprint density at radius 2 is 1.92 bits per heavy atom. The molecular formula is C19H16ClFN4O. The minimum absolute atomic E-state index is 0.293. The number of halogens is 2. The first-order valence-electron chi connectivity index (χ1n) is 7.90. The average Bonchev–Trinajstić information content (AvgIpc) is 2.91. The Kier molecular flexibility index (Phi) is 5.43. The first-order valence-corrected chi connectivity index (χ1v) is 8.28. The lowest BCUT2D eigenvalue weighted by Crippen LogP contribution is -2.17. The smallest absolute Gasteiger partial charge is 0.267 e. The molecule has 0 aliphatic carbocycles. The second-order valence-corrected chi connectivity index (χ2v) is 6.00. The van der Waals surface area contributed by atoms with E-state index < -0.39 is 0 Å². The van der Waals surface area contributed by atoms with Crippen LogP contribution >= 0.6 is 11.6 Å². The molecule has 1 amide bonds. The lowest BCUT2D eigenvalue weighted by atomic mass is 10.2. The van der Waals surface area contributed by atoms with Crippen molar-refractivity contribution < 1.29 is 9.18 Å². The number of hydrazone groups is 1. The van der Waals surface area contributed by atoms with Gasteiger partial charge in [-0.1, -0.05) is 41.9 Å². The van der Waals surface area contributed by atoms with E-state index in [1.807, 2.05) is 6.07 Å². The van der Waals surface area contributed by atoms with Crippen molar-refractivity contribution >= 4 is 23.7 Å². The number of hydrogen-bond donors (Lipinski definition) is 1. The van der Waals surface area contributed by atoms with E-state index in [1.54, 1.807) is 48.0 Å². The molecule has 0 bridgehead atoms. The number of amides is 1. The molecule has 0 spiro atoms. The van der Waals surface area contributed by atoms with Gasteiger partial charge in [0.15, 0.2) is 0 Å². The van der Waals surface area contributed by atoms with Crippen molar-refractivity contribution in [1.82, 2.24) is 15.2 Å². The molecule has 0 fully saturated rings. The second-order valence-electron chi connectivity index (χ2n) is 5.64. The molecule has 0 aliphatic heterocycles. The Morgan fingerprint density at radius 1 is 1.23 bits per heavy atom. The van der Waals surface area contributed by atoms with Crippen molar-refractivity contribution in [3.63, 3.8) is 0 Å². The van der Waals surface area contributed by atoms with Gasteiger partial charge in [0.1, 0.15) is 11.0 Å². The Hall–Kier alpha value is -2.99. The first-order chi connectivity index (χ1) is 12.5. The average molecular weight is 371 g/mol. The maximum atomic E-state index is 13.0. The molecular weight excluding hydrogens is 355 g/mol. The molecule has 3 rings (SSSR count). The van der Waals surface area contributed by atoms with Gasteiger partial charge in [-0.3, -0.25) is 4.79 Å². The van der Waals surface area contributed by atoms with Gasteiger partial charge in [-0.05, 0) is 36.8 Å². The van der Waals surface area contributed by atoms with Crippen LogP contribution in [0.3, 0.4) is 0 Å². The molecule has 0 aliphatic rings. The highest BCUT2D eigenvalue weighted by Crippen LogP contribution is 2.19. The van der Waals surface area contributed by atoms with Gasteiger partial charge in [-0.2, -0.15) is 10.2 Å². The standard InChI is InChI=1S/C19H16ClFN4O/c1-13-17(11-22-23-19(26)15-5-3-2-4-6-15)18(20)25(24-13)12-14-7-9-16(21)10-8-14/h2-11H,12H2,1H3,(H,23,26)/b22-11+. The summed E-state index contributed by atoms with van der Waals surface area (Å²) < 4.78 is 14.6. The maximum absolute atomic E-state index is 13.0. The Morgan fingerprint density at radius 3 is 2.62 bits per heavy atom. The normalized spacial score (nSPS) is 11.0. The number of aryl methyl sites for hydroxylation is 1. The predicted molar refractivity (Wildman–Crippen MR) is 99.0 cm³/mol. The van der Waals surface area contributed by atoms with E-state index in [0.717, 1.165) is 5.56 Å². The number of carbonyl (C=O) groups is 1. The molecule has 0 unspecified atom stereocenters. The number of nitrogens with one attached hydrogen (secondary N) is 1. The molecule has 0 saturated carbocycles. The Labute approximate surface area is 155 Å². The molecule has 0 radical (unpaired) electrons. The van der Waals surface area contributed by atoms with Gasteiger partial charge in [-0.15, -0.1) is 0 Å². The topological polar surface area (TPSA) is 59.3 Å². The Bertz CT molecular complexity index is 936. The van der Waals surface area contributed by atoms with Crippen molar-refractivity contribution in [1.29, 1.82) is 0 Å². The molecule has 2 aromatic carbocycles. The van der Waals surface area contributed by atoms with E-state index in [1.165, 1.54) is 18.3 Å². The summed E-state index contributed by atoms with van der Waals surface area (Å²) >= 11 is 6.37. The molecule has 1 N–H and O–H groups in total. The quantitative estimate of drug-likeness (QED) is 0.548. The van der Waals surface area contributed by atoms with E-state index in [2.05, 4.69) is 15.6 Å². The number of benzene rings is 2. The number of hydrogen-bond acceptors (Lipinski definition) is 3. The van der Waals surface area contributed by atoms with Gasteiger partial charge in [0.2, 0.25) is 0 Å². The molecule has 1 heterocycles. The van der Waals surface area contributed by atoms with Crippen LogP contribution in [0, 0.1) is 12.7 Å². The van der Waals surface area contributed by atoms with Gasteiger partial charge in [0.25, 0.3) is 5.91 Å². The minimum atomic E-state index is -0.311. The lowest BCUT2D eigenvalue weighted by Gasteiger charge is -2.03. The van der Waals surface area contributed by atoms with Crippen molar-refractivity contribution in [3.05, 3.63) is 88.0 Å². The van der Waals surface area contributed by atoms with Crippen LogP contribution in [0.15, 0.2) is 59.7 Å². The fourth-order valence-corrected chi connectivity index (χ4v) is 2.67. The first kappa shape index (κ1) is 17.8. The summed E-state index contributed by atoms with van der Waals surface area (Å²) in [6.45, 7) is 2.21. The molecule has 0 saturated heterocycles. The number of nitrogens with zero attached hydrogens (tertiary/aromatic N) is 3. The summed E-state index contributed by atoms with van der Waals surface area (Å²) in [4.78, 5) is 12.0. The fourth-order valence-electron chi connectivity index (χ4n) is 2.39. The maximum Gasteiger partial charge on any atom is 0.271 e. The van der Waals surface area contributed by atoms with Gasteiger partial charge in [-0.25, -0.2) is 14.5 Å². The van der Waals surface area contributed by atoms with Crippen molar-refractivity contribution in [2.45, 2.75) is 13.5 Å². The summed E-state index contributed by atoms with van der Waals surface area (Å²) in [6.07, 6.45) is 1.46. The summed E-state index contributed by atoms with van der Waals surface area (Å²) in [7, 11) is 0. The highest BCUT2D eigenvalue weighted by Gasteiger charge is 2.12. The van der Waals surface area contributed by atoms with Crippen LogP contribution in [-0.4, -0.2) is 21.9 Å². The lowest BCUT2D eigenvalue weighted by molar-refractivity contribution is 0.0955. The van der Waals surface area contributed by atoms with Gasteiger partial charge >= 0.3 is 0 Å². The van der Waals surface area contributed by atoms with Crippen molar-refractivity contribution in [3.8, 4) is 0 Å². The van der Waals surface area contributed by atoms with Crippen LogP contribution in [0.2, 0.25) is 5.15 Å². The van der Waals surface area contributed by atoms with Crippen LogP contribution in [0.1, 0.15) is 27.2 Å². The largest absolute Gasteiger partial charge is 0.271 e. The van der Waals surface area contributed by atoms with Gasteiger partial charge in [0, 0.05) is 5.56 Å². The SMILES string of the molecule is Cc1nn(Cc2ccc(F)cc2)c(Cl)c1/C=N/NC(=O)c1ccccc1. The third-order valence-electron chi connectivity index (χ3n) is 3.75. The van der Waals surface area contributed by atoms with E-state index in [-0.39, 0.29) is 11.7 Å². The highest BCUT2D eigenvalue weighted by molar-refractivity contribution is 6.32. The zero-order valence-electron chi connectivity index (χ0n) is 14.0. The number of carbonyl (C=O) groups excluding carboxylic acids is 1. The van der Waals surface area contributed by atoms with Gasteiger partial charge < -0.3 is 0 Å². The van der Waals surface area contributed by atoms with Crippen LogP contribution < -0.4 is 5.43 Å². The zero-order valence-corrected chi connectivity index (χ0v) is 14.7. The Balaban J connectivity index is 1.71. The van der Waals surface area contributed by atoms with Crippen LogP contribution in [0.25, 0.3) is 0 Å². The van der Waals surface area contributed by atoms with Gasteiger partial charge in [0.05, 0.1) is 24.0 Å². The third kappa shape index (κ3) is 4.15. The third-order valence-corrected chi connectivity index (χ3v) is 4.15. The van der Waals surface area contributed by atoms with E-state index in [9.17, 15) is 9.18 Å². The summed E-state index contributed by atoms with van der Waals surface area (Å²) in [6, 6.07) is 14.9.